The third kappa shape index (κ3) is 4.88. The molecule has 0 bridgehead atoms. The van der Waals surface area contributed by atoms with E-state index in [0.29, 0.717) is 17.3 Å². The van der Waals surface area contributed by atoms with Crippen molar-refractivity contribution in [2.24, 2.45) is 5.41 Å². The summed E-state index contributed by atoms with van der Waals surface area (Å²) < 4.78 is 11.1. The Hall–Kier alpha value is -3.48. The number of pyridine rings is 1. The molecule has 3 aromatic rings. The highest BCUT2D eigenvalue weighted by molar-refractivity contribution is 5.78. The number of hydrogen-bond acceptors (Lipinski definition) is 6. The van der Waals surface area contributed by atoms with Gasteiger partial charge in [0.15, 0.2) is 23.9 Å². The molecule has 1 aliphatic carbocycles. The number of nitrogens with one attached hydrogen (secondary N) is 1. The molecular weight excluding hydrogens is 404 g/mol. The maximum atomic E-state index is 12.7. The summed E-state index contributed by atoms with van der Waals surface area (Å²) in [7, 11) is 1.59. The number of carbonyl (C=O) groups excluding carboxylic acids is 1. The summed E-state index contributed by atoms with van der Waals surface area (Å²) in [6, 6.07) is 9.24. The second-order valence-corrected chi connectivity index (χ2v) is 8.94. The molecular formula is C25H28N4O3. The molecule has 2 heterocycles. The van der Waals surface area contributed by atoms with Crippen LogP contribution in [0.2, 0.25) is 0 Å². The van der Waals surface area contributed by atoms with Gasteiger partial charge in [0.25, 0.3) is 5.91 Å². The van der Waals surface area contributed by atoms with Crippen molar-refractivity contribution < 1.29 is 14.3 Å². The van der Waals surface area contributed by atoms with Gasteiger partial charge < -0.3 is 14.8 Å². The monoisotopic (exact) mass is 432 g/mol. The molecule has 2 aromatic heterocycles. The molecule has 0 spiro atoms. The number of hydrogen-bond donors (Lipinski definition) is 1. The van der Waals surface area contributed by atoms with Crippen LogP contribution in [0.15, 0.2) is 48.9 Å². The van der Waals surface area contributed by atoms with Crippen molar-refractivity contribution in [3.8, 4) is 22.9 Å². The van der Waals surface area contributed by atoms with E-state index >= 15 is 0 Å². The Labute approximate surface area is 188 Å². The predicted octanol–water partition coefficient (Wildman–Crippen LogP) is 4.06. The zero-order valence-electron chi connectivity index (χ0n) is 18.9. The highest BCUT2D eigenvalue weighted by Crippen LogP contribution is 2.40. The third-order valence-corrected chi connectivity index (χ3v) is 5.63. The smallest absolute Gasteiger partial charge is 0.258 e. The fourth-order valence-electron chi connectivity index (χ4n) is 4.09. The molecule has 0 aliphatic heterocycles. The van der Waals surface area contributed by atoms with Crippen LogP contribution >= 0.6 is 0 Å². The second-order valence-electron chi connectivity index (χ2n) is 8.94. The van der Waals surface area contributed by atoms with Crippen LogP contribution in [0.4, 0.5) is 0 Å². The van der Waals surface area contributed by atoms with Crippen molar-refractivity contribution in [2.45, 2.75) is 39.7 Å². The van der Waals surface area contributed by atoms with E-state index in [9.17, 15) is 4.79 Å². The van der Waals surface area contributed by atoms with Gasteiger partial charge in [0.1, 0.15) is 0 Å². The predicted molar refractivity (Wildman–Crippen MR) is 121 cm³/mol. The molecule has 166 valence electrons. The molecule has 1 aromatic carbocycles. The molecule has 32 heavy (non-hydrogen) atoms. The lowest BCUT2D eigenvalue weighted by molar-refractivity contribution is -0.124. The van der Waals surface area contributed by atoms with Crippen molar-refractivity contribution in [1.82, 2.24) is 20.3 Å². The number of ether oxygens (including phenoxy) is 2. The Bertz CT molecular complexity index is 1120. The minimum absolute atomic E-state index is 0.00412. The number of carbonyl (C=O) groups is 1. The normalized spacial score (nSPS) is 16.7. The summed E-state index contributed by atoms with van der Waals surface area (Å²) in [4.78, 5) is 26.2. The zero-order chi connectivity index (χ0) is 22.7. The SMILES string of the molecule is COc1cc(C)ccc1OCC(=O)N[C@H]1CC(C)(C)Cc2nc(-c3ccncc3)ncc21. The lowest BCUT2D eigenvalue weighted by atomic mass is 9.74. The van der Waals surface area contributed by atoms with Crippen LogP contribution in [0.1, 0.15) is 43.1 Å². The molecule has 1 atom stereocenters. The maximum Gasteiger partial charge on any atom is 0.258 e. The Morgan fingerprint density at radius 2 is 1.97 bits per heavy atom. The van der Waals surface area contributed by atoms with Gasteiger partial charge in [-0.25, -0.2) is 9.97 Å². The Kier molecular flexibility index (Phi) is 6.08. The van der Waals surface area contributed by atoms with Gasteiger partial charge in [0.2, 0.25) is 0 Å². The van der Waals surface area contributed by atoms with Crippen LogP contribution < -0.4 is 14.8 Å². The molecule has 0 saturated carbocycles. The quantitative estimate of drug-likeness (QED) is 0.632. The van der Waals surface area contributed by atoms with E-state index in [0.717, 1.165) is 35.2 Å². The van der Waals surface area contributed by atoms with Gasteiger partial charge in [-0.1, -0.05) is 19.9 Å². The molecule has 7 nitrogen and oxygen atoms in total. The van der Waals surface area contributed by atoms with Crippen LogP contribution in [0.5, 0.6) is 11.5 Å². The van der Waals surface area contributed by atoms with Crippen LogP contribution in [-0.2, 0) is 11.2 Å². The van der Waals surface area contributed by atoms with Gasteiger partial charge in [0, 0.05) is 29.7 Å². The summed E-state index contributed by atoms with van der Waals surface area (Å²) in [5.74, 6) is 1.63. The summed E-state index contributed by atoms with van der Waals surface area (Å²) in [5, 5.41) is 3.11. The summed E-state index contributed by atoms with van der Waals surface area (Å²) in [5.41, 5.74) is 3.91. The maximum absolute atomic E-state index is 12.7. The highest BCUT2D eigenvalue weighted by Gasteiger charge is 2.34. The number of amides is 1. The fraction of sp³-hybridized carbons (Fsp3) is 0.360. The molecule has 0 unspecified atom stereocenters. The largest absolute Gasteiger partial charge is 0.493 e. The lowest BCUT2D eigenvalue weighted by Gasteiger charge is -2.36. The van der Waals surface area contributed by atoms with Gasteiger partial charge in [-0.15, -0.1) is 0 Å². The van der Waals surface area contributed by atoms with E-state index in [-0.39, 0.29) is 24.0 Å². The van der Waals surface area contributed by atoms with E-state index in [1.54, 1.807) is 19.5 Å². The number of methoxy groups -OCH3 is 1. The van der Waals surface area contributed by atoms with E-state index in [1.165, 1.54) is 0 Å². The minimum Gasteiger partial charge on any atom is -0.493 e. The number of rotatable bonds is 6. The van der Waals surface area contributed by atoms with Crippen molar-refractivity contribution >= 4 is 5.91 Å². The number of nitrogens with zero attached hydrogens (tertiary/aromatic N) is 3. The highest BCUT2D eigenvalue weighted by atomic mass is 16.5. The van der Waals surface area contributed by atoms with Crippen LogP contribution in [-0.4, -0.2) is 34.6 Å². The summed E-state index contributed by atoms with van der Waals surface area (Å²) in [6.45, 7) is 6.26. The zero-order valence-corrected chi connectivity index (χ0v) is 18.9. The minimum atomic E-state index is -0.195. The lowest BCUT2D eigenvalue weighted by Crippen LogP contribution is -2.39. The molecule has 0 radical (unpaired) electrons. The van der Waals surface area contributed by atoms with Crippen LogP contribution in [0.3, 0.4) is 0 Å². The molecule has 1 N–H and O–H groups in total. The number of aromatic nitrogens is 3. The number of fused-ring (bicyclic) bond motifs is 1. The van der Waals surface area contributed by atoms with E-state index < -0.39 is 0 Å². The first-order valence-electron chi connectivity index (χ1n) is 10.7. The van der Waals surface area contributed by atoms with Gasteiger partial charge >= 0.3 is 0 Å². The van der Waals surface area contributed by atoms with Crippen molar-refractivity contribution in [3.63, 3.8) is 0 Å². The van der Waals surface area contributed by atoms with Gasteiger partial charge in [-0.05, 0) is 55.0 Å². The van der Waals surface area contributed by atoms with Gasteiger partial charge in [-0.2, -0.15) is 0 Å². The van der Waals surface area contributed by atoms with Gasteiger partial charge in [-0.3, -0.25) is 9.78 Å². The van der Waals surface area contributed by atoms with Crippen molar-refractivity contribution in [3.05, 3.63) is 65.7 Å². The van der Waals surface area contributed by atoms with Crippen LogP contribution in [0.25, 0.3) is 11.4 Å². The molecule has 7 heteroatoms. The number of benzene rings is 1. The Balaban J connectivity index is 1.50. The molecule has 1 aliphatic rings. The van der Waals surface area contributed by atoms with Gasteiger partial charge in [0.05, 0.1) is 18.8 Å². The Morgan fingerprint density at radius 3 is 2.72 bits per heavy atom. The topological polar surface area (TPSA) is 86.2 Å². The van der Waals surface area contributed by atoms with Crippen molar-refractivity contribution in [2.75, 3.05) is 13.7 Å². The summed E-state index contributed by atoms with van der Waals surface area (Å²) >= 11 is 0. The van der Waals surface area contributed by atoms with Crippen molar-refractivity contribution in [1.29, 1.82) is 0 Å². The third-order valence-electron chi connectivity index (χ3n) is 5.63. The second kappa shape index (κ2) is 8.94. The molecule has 0 fully saturated rings. The first-order valence-corrected chi connectivity index (χ1v) is 10.7. The molecule has 0 saturated heterocycles. The van der Waals surface area contributed by atoms with E-state index in [4.69, 9.17) is 14.5 Å². The Morgan fingerprint density at radius 1 is 1.19 bits per heavy atom. The fourth-order valence-corrected chi connectivity index (χ4v) is 4.09. The summed E-state index contributed by atoms with van der Waals surface area (Å²) in [6.07, 6.45) is 6.92. The average Bonchev–Trinajstić information content (AvgIpc) is 2.77. The number of aryl methyl sites for hydroxylation is 1. The molecule has 1 amide bonds. The van der Waals surface area contributed by atoms with E-state index in [1.807, 2.05) is 43.5 Å². The average molecular weight is 433 g/mol. The standard InChI is InChI=1S/C25H28N4O3/c1-16-5-6-21(22(11-16)31-4)32-15-23(30)28-19-12-25(2,3)13-20-18(19)14-27-24(29-20)17-7-9-26-10-8-17/h5-11,14,19H,12-13,15H2,1-4H3,(H,28,30)/t19-/m0/s1. The van der Waals surface area contributed by atoms with Crippen LogP contribution in [0, 0.1) is 12.3 Å². The first kappa shape index (κ1) is 21.7. The van der Waals surface area contributed by atoms with E-state index in [2.05, 4.69) is 29.1 Å². The molecule has 4 rings (SSSR count). The first-order chi connectivity index (χ1) is 15.3.